The van der Waals surface area contributed by atoms with Crippen molar-refractivity contribution < 1.29 is 14.3 Å². The quantitative estimate of drug-likeness (QED) is 0.558. The van der Waals surface area contributed by atoms with E-state index in [-0.39, 0.29) is 12.0 Å². The van der Waals surface area contributed by atoms with Crippen molar-refractivity contribution in [2.75, 3.05) is 17.2 Å². The van der Waals surface area contributed by atoms with Crippen LogP contribution in [0.25, 0.3) is 0 Å². The monoisotopic (exact) mass is 372 g/mol. The van der Waals surface area contributed by atoms with Crippen LogP contribution in [0.5, 0.6) is 0 Å². The Kier molecular flexibility index (Phi) is 6.28. The topological polar surface area (TPSA) is 67.4 Å². The van der Waals surface area contributed by atoms with Crippen LogP contribution in [-0.4, -0.2) is 18.6 Å². The minimum absolute atomic E-state index is 0.332. The standard InChI is InChI=1S/C20H24N2O3S/c1-2-13-25-19(23)17-15-11-7-4-8-12-16(15)26-18(17)22-20(24)21-14-9-5-3-6-10-14/h3,5-6,9-10H,2,4,7-8,11-13H2,1H3,(H2,21,22,24). The first kappa shape index (κ1) is 18.5. The fourth-order valence-corrected chi connectivity index (χ4v) is 4.37. The number of para-hydroxylation sites is 1. The van der Waals surface area contributed by atoms with E-state index in [0.29, 0.717) is 22.9 Å². The van der Waals surface area contributed by atoms with Gasteiger partial charge in [-0.3, -0.25) is 5.32 Å². The first-order chi connectivity index (χ1) is 12.7. The fraction of sp³-hybridized carbons (Fsp3) is 0.400. The van der Waals surface area contributed by atoms with Gasteiger partial charge in [0.1, 0.15) is 5.00 Å². The number of hydrogen-bond donors (Lipinski definition) is 2. The summed E-state index contributed by atoms with van der Waals surface area (Å²) in [6, 6.07) is 8.89. The Morgan fingerprint density at radius 3 is 2.62 bits per heavy atom. The number of esters is 1. The number of rotatable bonds is 5. The van der Waals surface area contributed by atoms with E-state index < -0.39 is 0 Å². The maximum Gasteiger partial charge on any atom is 0.341 e. The first-order valence-corrected chi connectivity index (χ1v) is 9.95. The van der Waals surface area contributed by atoms with Crippen molar-refractivity contribution in [1.82, 2.24) is 0 Å². The SMILES string of the molecule is CCCOC(=O)c1c(NC(=O)Nc2ccccc2)sc2c1CCCCC2. The molecular weight excluding hydrogens is 348 g/mol. The second kappa shape index (κ2) is 8.85. The zero-order chi connectivity index (χ0) is 18.4. The lowest BCUT2D eigenvalue weighted by molar-refractivity contribution is 0.0505. The average Bonchev–Trinajstić information content (AvgIpc) is 2.81. The van der Waals surface area contributed by atoms with E-state index in [9.17, 15) is 9.59 Å². The molecule has 5 nitrogen and oxygen atoms in total. The van der Waals surface area contributed by atoms with Crippen LogP contribution in [-0.2, 0) is 17.6 Å². The molecule has 1 aromatic carbocycles. The number of thiophene rings is 1. The van der Waals surface area contributed by atoms with Gasteiger partial charge in [0.2, 0.25) is 0 Å². The molecule has 26 heavy (non-hydrogen) atoms. The lowest BCUT2D eigenvalue weighted by atomic mass is 10.1. The largest absolute Gasteiger partial charge is 0.462 e. The summed E-state index contributed by atoms with van der Waals surface area (Å²) >= 11 is 1.50. The Bertz CT molecular complexity index is 771. The summed E-state index contributed by atoms with van der Waals surface area (Å²) in [5, 5.41) is 6.25. The Hall–Kier alpha value is -2.34. The third-order valence-electron chi connectivity index (χ3n) is 4.32. The van der Waals surface area contributed by atoms with Gasteiger partial charge in [0.25, 0.3) is 0 Å². The molecule has 1 aromatic heterocycles. The molecule has 0 spiro atoms. The van der Waals surface area contributed by atoms with Crippen LogP contribution in [0.1, 0.15) is 53.4 Å². The van der Waals surface area contributed by atoms with Crippen LogP contribution in [0.4, 0.5) is 15.5 Å². The molecule has 138 valence electrons. The van der Waals surface area contributed by atoms with Crippen molar-refractivity contribution in [2.24, 2.45) is 0 Å². The highest BCUT2D eigenvalue weighted by Crippen LogP contribution is 2.38. The van der Waals surface area contributed by atoms with Gasteiger partial charge in [-0.2, -0.15) is 0 Å². The molecule has 0 fully saturated rings. The molecule has 2 amide bonds. The van der Waals surface area contributed by atoms with Gasteiger partial charge in [0.05, 0.1) is 12.2 Å². The molecule has 6 heteroatoms. The highest BCUT2D eigenvalue weighted by molar-refractivity contribution is 7.17. The summed E-state index contributed by atoms with van der Waals surface area (Å²) in [5.74, 6) is -0.332. The van der Waals surface area contributed by atoms with Gasteiger partial charge in [0.15, 0.2) is 0 Å². The highest BCUT2D eigenvalue weighted by Gasteiger charge is 2.26. The number of aryl methyl sites for hydroxylation is 1. The Balaban J connectivity index is 1.83. The third-order valence-corrected chi connectivity index (χ3v) is 5.53. The Morgan fingerprint density at radius 1 is 1.08 bits per heavy atom. The molecule has 0 atom stereocenters. The molecular formula is C20H24N2O3S. The van der Waals surface area contributed by atoms with Crippen LogP contribution in [0.15, 0.2) is 30.3 Å². The van der Waals surface area contributed by atoms with Crippen molar-refractivity contribution in [3.05, 3.63) is 46.3 Å². The predicted molar refractivity (Wildman–Crippen MR) is 105 cm³/mol. The van der Waals surface area contributed by atoms with Crippen molar-refractivity contribution >= 4 is 34.0 Å². The summed E-state index contributed by atoms with van der Waals surface area (Å²) in [6.07, 6.45) is 5.94. The van der Waals surface area contributed by atoms with Gasteiger partial charge in [0, 0.05) is 10.6 Å². The first-order valence-electron chi connectivity index (χ1n) is 9.13. The molecule has 1 aliphatic carbocycles. The number of fused-ring (bicyclic) bond motifs is 1. The van der Waals surface area contributed by atoms with Crippen molar-refractivity contribution in [1.29, 1.82) is 0 Å². The third kappa shape index (κ3) is 4.43. The van der Waals surface area contributed by atoms with Crippen LogP contribution >= 0.6 is 11.3 Å². The normalized spacial score (nSPS) is 13.4. The lowest BCUT2D eigenvalue weighted by Gasteiger charge is -2.10. The van der Waals surface area contributed by atoms with E-state index in [2.05, 4.69) is 10.6 Å². The van der Waals surface area contributed by atoms with E-state index in [1.165, 1.54) is 22.6 Å². The second-order valence-corrected chi connectivity index (χ2v) is 7.45. The second-order valence-electron chi connectivity index (χ2n) is 6.35. The van der Waals surface area contributed by atoms with Crippen molar-refractivity contribution in [3.63, 3.8) is 0 Å². The minimum Gasteiger partial charge on any atom is -0.462 e. The van der Waals surface area contributed by atoms with Crippen molar-refractivity contribution in [3.8, 4) is 0 Å². The number of hydrogen-bond acceptors (Lipinski definition) is 4. The summed E-state index contributed by atoms with van der Waals surface area (Å²) in [5.41, 5.74) is 2.31. The number of anilines is 2. The van der Waals surface area contributed by atoms with Crippen LogP contribution in [0.2, 0.25) is 0 Å². The molecule has 2 N–H and O–H groups in total. The van der Waals surface area contributed by atoms with Gasteiger partial charge in [-0.1, -0.05) is 31.5 Å². The van der Waals surface area contributed by atoms with Gasteiger partial charge in [-0.25, -0.2) is 9.59 Å². The molecule has 0 saturated heterocycles. The zero-order valence-electron chi connectivity index (χ0n) is 15.0. The average molecular weight is 372 g/mol. The molecule has 2 aromatic rings. The highest BCUT2D eigenvalue weighted by atomic mass is 32.1. The molecule has 1 heterocycles. The number of urea groups is 1. The molecule has 0 unspecified atom stereocenters. The van der Waals surface area contributed by atoms with Gasteiger partial charge in [-0.15, -0.1) is 11.3 Å². The predicted octanol–water partition coefficient (Wildman–Crippen LogP) is 5.23. The summed E-state index contributed by atoms with van der Waals surface area (Å²) in [7, 11) is 0. The number of nitrogens with one attached hydrogen (secondary N) is 2. The summed E-state index contributed by atoms with van der Waals surface area (Å²) in [4.78, 5) is 26.2. The molecule has 0 aliphatic heterocycles. The Morgan fingerprint density at radius 2 is 1.85 bits per heavy atom. The van der Waals surface area contributed by atoms with Crippen LogP contribution in [0.3, 0.4) is 0 Å². The molecule has 0 saturated carbocycles. The number of amides is 2. The van der Waals surface area contributed by atoms with Gasteiger partial charge in [-0.05, 0) is 49.8 Å². The minimum atomic E-state index is -0.350. The Labute approximate surface area is 157 Å². The smallest absolute Gasteiger partial charge is 0.341 e. The number of benzene rings is 1. The maximum atomic E-state index is 12.6. The van der Waals surface area contributed by atoms with Gasteiger partial charge >= 0.3 is 12.0 Å². The van der Waals surface area contributed by atoms with E-state index in [1.807, 2.05) is 37.3 Å². The molecule has 0 radical (unpaired) electrons. The van der Waals surface area contributed by atoms with Crippen LogP contribution in [0, 0.1) is 0 Å². The van der Waals surface area contributed by atoms with E-state index >= 15 is 0 Å². The van der Waals surface area contributed by atoms with E-state index in [1.54, 1.807) is 0 Å². The molecule has 1 aliphatic rings. The maximum absolute atomic E-state index is 12.6. The van der Waals surface area contributed by atoms with E-state index in [0.717, 1.165) is 37.7 Å². The lowest BCUT2D eigenvalue weighted by Crippen LogP contribution is -2.20. The fourth-order valence-electron chi connectivity index (χ4n) is 3.10. The number of carbonyl (C=O) groups is 2. The molecule has 0 bridgehead atoms. The van der Waals surface area contributed by atoms with Gasteiger partial charge < -0.3 is 10.1 Å². The van der Waals surface area contributed by atoms with Crippen LogP contribution < -0.4 is 10.6 Å². The van der Waals surface area contributed by atoms with Crippen molar-refractivity contribution in [2.45, 2.75) is 45.4 Å². The zero-order valence-corrected chi connectivity index (χ0v) is 15.8. The molecule has 3 rings (SSSR count). The summed E-state index contributed by atoms with van der Waals surface area (Å²) < 4.78 is 5.38. The number of carbonyl (C=O) groups excluding carboxylic acids is 2. The van der Waals surface area contributed by atoms with E-state index in [4.69, 9.17) is 4.74 Å². The number of ether oxygens (including phenoxy) is 1. The summed E-state index contributed by atoms with van der Waals surface area (Å²) in [6.45, 7) is 2.35.